The third-order valence-electron chi connectivity index (χ3n) is 9.02. The van der Waals surface area contributed by atoms with Crippen LogP contribution in [0.25, 0.3) is 33.5 Å². The highest BCUT2D eigenvalue weighted by Gasteiger charge is 2.47. The Morgan fingerprint density at radius 2 is 1.74 bits per heavy atom. The number of carboxylic acid groups (broad SMARTS) is 1. The number of ether oxygens (including phenoxy) is 1. The number of hydrogen-bond acceptors (Lipinski definition) is 6. The summed E-state index contributed by atoms with van der Waals surface area (Å²) < 4.78 is 35.1. The van der Waals surface area contributed by atoms with Gasteiger partial charge < -0.3 is 20.1 Å². The Kier molecular flexibility index (Phi) is 6.15. The van der Waals surface area contributed by atoms with Gasteiger partial charge in [-0.1, -0.05) is 30.0 Å². The summed E-state index contributed by atoms with van der Waals surface area (Å²) in [5.41, 5.74) is 1.94. The van der Waals surface area contributed by atoms with Crippen LogP contribution in [0.5, 0.6) is 11.5 Å². The van der Waals surface area contributed by atoms with E-state index in [-0.39, 0.29) is 29.2 Å². The number of hydrogen-bond donors (Lipinski definition) is 3. The second kappa shape index (κ2) is 10.1. The lowest BCUT2D eigenvalue weighted by Crippen LogP contribution is -2.51. The van der Waals surface area contributed by atoms with Gasteiger partial charge in [-0.05, 0) is 67.9 Å². The van der Waals surface area contributed by atoms with Gasteiger partial charge in [0.25, 0.3) is 0 Å². The van der Waals surface area contributed by atoms with Gasteiger partial charge in [-0.2, -0.15) is 0 Å². The van der Waals surface area contributed by atoms with E-state index in [2.05, 4.69) is 10.3 Å². The average Bonchev–Trinajstić information content (AvgIpc) is 3.44. The minimum absolute atomic E-state index is 0.124. The van der Waals surface area contributed by atoms with E-state index in [1.54, 1.807) is 18.0 Å². The van der Waals surface area contributed by atoms with Crippen molar-refractivity contribution in [1.29, 1.82) is 0 Å². The molecule has 10 heteroatoms. The highest BCUT2D eigenvalue weighted by molar-refractivity contribution is 7.99. The zero-order valence-electron chi connectivity index (χ0n) is 22.8. The molecule has 43 heavy (non-hydrogen) atoms. The van der Waals surface area contributed by atoms with Gasteiger partial charge >= 0.3 is 5.97 Å². The van der Waals surface area contributed by atoms with Crippen molar-refractivity contribution in [3.63, 3.8) is 0 Å². The molecule has 2 atom stereocenters. The highest BCUT2D eigenvalue weighted by Crippen LogP contribution is 2.49. The van der Waals surface area contributed by atoms with Crippen LogP contribution in [0.2, 0.25) is 0 Å². The van der Waals surface area contributed by atoms with Crippen molar-refractivity contribution in [3.05, 3.63) is 78.5 Å². The van der Waals surface area contributed by atoms with Crippen molar-refractivity contribution in [2.45, 2.75) is 41.5 Å². The Hall–Kier alpha value is -4.44. The molecule has 9 rings (SSSR count). The molecular weight excluding hydrogens is 570 g/mol. The van der Waals surface area contributed by atoms with E-state index in [4.69, 9.17) is 14.7 Å². The van der Waals surface area contributed by atoms with Crippen LogP contribution in [0, 0.1) is 29.4 Å². The molecule has 3 saturated carbocycles. The van der Waals surface area contributed by atoms with Crippen molar-refractivity contribution in [1.82, 2.24) is 15.0 Å². The van der Waals surface area contributed by atoms with Crippen molar-refractivity contribution >= 4 is 34.5 Å². The Bertz CT molecular complexity index is 1920. The van der Waals surface area contributed by atoms with E-state index in [1.165, 1.54) is 6.07 Å². The fraction of sp³-hybridized carbons (Fsp3) is 0.242. The molecule has 0 unspecified atom stereocenters. The van der Waals surface area contributed by atoms with Crippen LogP contribution in [-0.2, 0) is 4.79 Å². The van der Waals surface area contributed by atoms with Gasteiger partial charge in [0, 0.05) is 40.9 Å². The molecule has 0 spiro atoms. The lowest BCUT2D eigenvalue weighted by atomic mass is 9.61. The molecule has 2 bridgehead atoms. The van der Waals surface area contributed by atoms with Gasteiger partial charge in [-0.15, -0.1) is 0 Å². The van der Waals surface area contributed by atoms with Gasteiger partial charge in [0.05, 0.1) is 26.9 Å². The van der Waals surface area contributed by atoms with Crippen molar-refractivity contribution in [2.24, 2.45) is 17.8 Å². The van der Waals surface area contributed by atoms with E-state index >= 15 is 0 Å². The van der Waals surface area contributed by atoms with E-state index < -0.39 is 23.5 Å². The molecule has 3 aromatic carbocycles. The van der Waals surface area contributed by atoms with Gasteiger partial charge in [0.15, 0.2) is 5.82 Å². The summed E-state index contributed by atoms with van der Waals surface area (Å²) in [7, 11) is 0. The van der Waals surface area contributed by atoms with Crippen molar-refractivity contribution in [2.75, 3.05) is 5.32 Å². The summed E-state index contributed by atoms with van der Waals surface area (Å²) in [4.78, 5) is 26.9. The normalized spacial score (nSPS) is 22.1. The molecule has 3 aliphatic carbocycles. The standard InChI is InChI=1S/C33H26F2N4O3S/c34-19-12-20-21(15-36-31(20)22(35)13-19)32-37-23(18-9-10-27-25(11-18)42-24-3-1-2-4-26(24)43-27)14-28(39-32)38-30-17-7-5-16(6-8-17)29(30)33(40)41/h1-4,9-17,29-30,36H,5-8H2,(H,40,41)(H,37,38,39)/t16?,17?,29-,30-/m0/s1. The third-order valence-corrected chi connectivity index (χ3v) is 10.1. The lowest BCUT2D eigenvalue weighted by Gasteiger charge is -2.47. The fourth-order valence-corrected chi connectivity index (χ4v) is 7.93. The minimum atomic E-state index is -0.798. The van der Waals surface area contributed by atoms with Crippen LogP contribution >= 0.6 is 11.8 Å². The molecule has 2 aromatic heterocycles. The van der Waals surface area contributed by atoms with Crippen molar-refractivity contribution < 1.29 is 23.4 Å². The summed E-state index contributed by atoms with van der Waals surface area (Å²) in [6.07, 6.45) is 5.35. The lowest BCUT2D eigenvalue weighted by molar-refractivity contribution is -0.148. The SMILES string of the molecule is O=C(O)[C@H]1C2CCC(CC2)[C@@H]1Nc1cc(-c2ccc3c(c2)Oc2ccccc2S3)nc(-c2c[nH]c3c(F)cc(F)cc23)n1. The molecule has 1 aliphatic heterocycles. The molecule has 7 nitrogen and oxygen atoms in total. The van der Waals surface area contributed by atoms with Crippen molar-refractivity contribution in [3.8, 4) is 34.1 Å². The number of halogens is 2. The number of fused-ring (bicyclic) bond motifs is 6. The largest absolute Gasteiger partial charge is 0.481 e. The molecule has 0 saturated heterocycles. The van der Waals surface area contributed by atoms with Crippen LogP contribution in [0.15, 0.2) is 76.7 Å². The van der Waals surface area contributed by atoms with E-state index in [9.17, 15) is 18.7 Å². The van der Waals surface area contributed by atoms with Gasteiger partial charge in [-0.25, -0.2) is 18.7 Å². The second-order valence-electron chi connectivity index (χ2n) is 11.5. The first kappa shape index (κ1) is 26.2. The van der Waals surface area contributed by atoms with E-state index in [0.717, 1.165) is 52.9 Å². The predicted molar refractivity (Wildman–Crippen MR) is 159 cm³/mol. The fourth-order valence-electron chi connectivity index (χ4n) is 7.00. The number of nitrogens with zero attached hydrogens (tertiary/aromatic N) is 2. The summed E-state index contributed by atoms with van der Waals surface area (Å²) in [5.74, 6) is -0.169. The smallest absolute Gasteiger partial charge is 0.308 e. The number of aliphatic carboxylic acids is 1. The summed E-state index contributed by atoms with van der Waals surface area (Å²) in [6.45, 7) is 0. The number of nitrogens with one attached hydrogen (secondary N) is 2. The van der Waals surface area contributed by atoms with Crippen LogP contribution in [0.3, 0.4) is 0 Å². The average molecular weight is 597 g/mol. The molecule has 4 aliphatic rings. The van der Waals surface area contributed by atoms with Gasteiger partial charge in [0.1, 0.15) is 29.0 Å². The molecule has 5 aromatic rings. The Morgan fingerprint density at radius 1 is 0.953 bits per heavy atom. The molecule has 0 radical (unpaired) electrons. The quantitative estimate of drug-likeness (QED) is 0.185. The minimum Gasteiger partial charge on any atom is -0.481 e. The Balaban J connectivity index is 1.24. The van der Waals surface area contributed by atoms with E-state index in [0.29, 0.717) is 28.2 Å². The maximum Gasteiger partial charge on any atom is 0.308 e. The Morgan fingerprint density at radius 3 is 2.58 bits per heavy atom. The number of benzene rings is 3. The van der Waals surface area contributed by atoms with Gasteiger partial charge in [0.2, 0.25) is 0 Å². The highest BCUT2D eigenvalue weighted by atomic mass is 32.2. The molecule has 3 heterocycles. The topological polar surface area (TPSA) is 100 Å². The first-order valence-corrected chi connectivity index (χ1v) is 15.2. The molecule has 3 N–H and O–H groups in total. The summed E-state index contributed by atoms with van der Waals surface area (Å²) in [6, 6.07) is 17.3. The van der Waals surface area contributed by atoms with E-state index in [1.807, 2.05) is 48.5 Å². The van der Waals surface area contributed by atoms with Crippen LogP contribution in [0.1, 0.15) is 25.7 Å². The summed E-state index contributed by atoms with van der Waals surface area (Å²) in [5, 5.41) is 13.9. The number of anilines is 1. The molecule has 216 valence electrons. The number of H-pyrrole nitrogens is 1. The maximum absolute atomic E-state index is 14.6. The van der Waals surface area contributed by atoms with Crippen LogP contribution < -0.4 is 10.1 Å². The zero-order chi connectivity index (χ0) is 29.2. The maximum atomic E-state index is 14.6. The predicted octanol–water partition coefficient (Wildman–Crippen LogP) is 8.13. The molecular formula is C33H26F2N4O3S. The van der Waals surface area contributed by atoms with Crippen LogP contribution in [0.4, 0.5) is 14.6 Å². The zero-order valence-corrected chi connectivity index (χ0v) is 23.6. The number of aromatic amines is 1. The number of carbonyl (C=O) groups is 1. The monoisotopic (exact) mass is 596 g/mol. The molecule has 3 fully saturated rings. The first-order chi connectivity index (χ1) is 20.9. The summed E-state index contributed by atoms with van der Waals surface area (Å²) >= 11 is 1.63. The number of carboxylic acids is 1. The Labute approximate surface area is 249 Å². The second-order valence-corrected chi connectivity index (χ2v) is 12.6. The number of rotatable bonds is 5. The number of aromatic nitrogens is 3. The molecule has 0 amide bonds. The van der Waals surface area contributed by atoms with Gasteiger partial charge in [-0.3, -0.25) is 4.79 Å². The number of para-hydroxylation sites is 1. The van der Waals surface area contributed by atoms with Crippen LogP contribution in [-0.4, -0.2) is 32.1 Å². The first-order valence-electron chi connectivity index (χ1n) is 14.4. The third kappa shape index (κ3) is 4.52.